The summed E-state index contributed by atoms with van der Waals surface area (Å²) in [5.74, 6) is 1.46. The first kappa shape index (κ1) is 23.9. The van der Waals surface area contributed by atoms with Gasteiger partial charge in [0.2, 0.25) is 0 Å². The third kappa shape index (κ3) is 8.71. The number of aliphatic imine (C=N–C) groups is 1. The number of halogens is 1. The molecule has 0 atom stereocenters. The van der Waals surface area contributed by atoms with E-state index < -0.39 is 9.84 Å². The highest BCUT2D eigenvalue weighted by Gasteiger charge is 2.21. The molecule has 9 heteroatoms. The maximum Gasteiger partial charge on any atom is 0.191 e. The Labute approximate surface area is 176 Å². The van der Waals surface area contributed by atoms with Gasteiger partial charge in [-0.2, -0.15) is 0 Å². The lowest BCUT2D eigenvalue weighted by atomic mass is 10.1. The first-order valence-electron chi connectivity index (χ1n) is 9.72. The fraction of sp³-hybridized carbons (Fsp3) is 0.941. The third-order valence-corrected chi connectivity index (χ3v) is 6.54. The molecule has 0 aromatic heterocycles. The van der Waals surface area contributed by atoms with Gasteiger partial charge >= 0.3 is 0 Å². The van der Waals surface area contributed by atoms with Crippen molar-refractivity contribution in [3.8, 4) is 0 Å². The van der Waals surface area contributed by atoms with Crippen LogP contribution in [-0.4, -0.2) is 94.1 Å². The Kier molecular flexibility index (Phi) is 11.4. The van der Waals surface area contributed by atoms with Crippen LogP contribution in [0.15, 0.2) is 4.99 Å². The Bertz CT molecular complexity index is 507. The molecule has 7 nitrogen and oxygen atoms in total. The molecular weight excluding hydrogens is 465 g/mol. The SMILES string of the molecule is CCCN1CCC(NC(=NCCN2CCS(=O)(=O)CC2)NCC)CC1.I. The van der Waals surface area contributed by atoms with Gasteiger partial charge in [0.1, 0.15) is 0 Å². The van der Waals surface area contributed by atoms with Crippen LogP contribution in [0.1, 0.15) is 33.1 Å². The van der Waals surface area contributed by atoms with Gasteiger partial charge in [-0.25, -0.2) is 8.42 Å². The smallest absolute Gasteiger partial charge is 0.191 e. The van der Waals surface area contributed by atoms with Gasteiger partial charge in [-0.15, -0.1) is 24.0 Å². The van der Waals surface area contributed by atoms with Crippen molar-refractivity contribution in [1.82, 2.24) is 20.4 Å². The highest BCUT2D eigenvalue weighted by molar-refractivity contribution is 14.0. The van der Waals surface area contributed by atoms with Crippen LogP contribution in [0.25, 0.3) is 0 Å². The summed E-state index contributed by atoms with van der Waals surface area (Å²) in [6.07, 6.45) is 3.54. The molecule has 0 aliphatic carbocycles. The molecule has 0 unspecified atom stereocenters. The molecule has 2 rings (SSSR count). The predicted octanol–water partition coefficient (Wildman–Crippen LogP) is 0.764. The number of likely N-dealkylation sites (tertiary alicyclic amines) is 1. The Morgan fingerprint density at radius 1 is 1.04 bits per heavy atom. The molecule has 2 heterocycles. The first-order chi connectivity index (χ1) is 12.0. The Balaban J connectivity index is 0.00000338. The van der Waals surface area contributed by atoms with E-state index in [2.05, 4.69) is 39.3 Å². The van der Waals surface area contributed by atoms with Gasteiger partial charge in [-0.05, 0) is 32.7 Å². The van der Waals surface area contributed by atoms with E-state index in [0.29, 0.717) is 25.7 Å². The molecule has 2 saturated heterocycles. The van der Waals surface area contributed by atoms with Crippen molar-refractivity contribution < 1.29 is 8.42 Å². The van der Waals surface area contributed by atoms with Gasteiger partial charge < -0.3 is 15.5 Å². The molecule has 0 spiro atoms. The number of hydrogen-bond donors (Lipinski definition) is 2. The summed E-state index contributed by atoms with van der Waals surface area (Å²) in [6, 6.07) is 0.492. The van der Waals surface area contributed by atoms with Gasteiger partial charge in [0.25, 0.3) is 0 Å². The summed E-state index contributed by atoms with van der Waals surface area (Å²) in [4.78, 5) is 9.41. The van der Waals surface area contributed by atoms with Crippen LogP contribution in [0.3, 0.4) is 0 Å². The number of nitrogens with zero attached hydrogens (tertiary/aromatic N) is 3. The summed E-state index contributed by atoms with van der Waals surface area (Å²) in [5, 5.41) is 6.90. The van der Waals surface area contributed by atoms with Crippen LogP contribution in [0, 0.1) is 0 Å². The van der Waals surface area contributed by atoms with Crippen LogP contribution < -0.4 is 10.6 Å². The van der Waals surface area contributed by atoms with Crippen molar-refractivity contribution in [1.29, 1.82) is 0 Å². The summed E-state index contributed by atoms with van der Waals surface area (Å²) < 4.78 is 22.9. The normalized spacial score (nSPS) is 22.6. The molecule has 2 fully saturated rings. The first-order valence-corrected chi connectivity index (χ1v) is 11.5. The quantitative estimate of drug-likeness (QED) is 0.305. The largest absolute Gasteiger partial charge is 0.357 e. The molecule has 0 aromatic rings. The molecule has 0 amide bonds. The molecule has 2 N–H and O–H groups in total. The van der Waals surface area contributed by atoms with Crippen molar-refractivity contribution in [2.24, 2.45) is 4.99 Å². The standard InChI is InChI=1S/C17H35N5O2S.HI/c1-3-8-21-9-5-16(6-10-21)20-17(18-4-2)19-7-11-22-12-14-25(23,24)15-13-22;/h16H,3-15H2,1-2H3,(H2,18,19,20);1H. The van der Waals surface area contributed by atoms with Gasteiger partial charge in [0.05, 0.1) is 18.1 Å². The van der Waals surface area contributed by atoms with E-state index in [4.69, 9.17) is 0 Å². The summed E-state index contributed by atoms with van der Waals surface area (Å²) in [6.45, 7) is 11.5. The van der Waals surface area contributed by atoms with E-state index in [1.807, 2.05) is 0 Å². The van der Waals surface area contributed by atoms with Gasteiger partial charge in [0, 0.05) is 45.3 Å². The van der Waals surface area contributed by atoms with Crippen molar-refractivity contribution in [2.45, 2.75) is 39.2 Å². The highest BCUT2D eigenvalue weighted by Crippen LogP contribution is 2.10. The average Bonchev–Trinajstić information content (AvgIpc) is 2.58. The van der Waals surface area contributed by atoms with E-state index >= 15 is 0 Å². The highest BCUT2D eigenvalue weighted by atomic mass is 127. The molecule has 154 valence electrons. The number of sulfone groups is 1. The van der Waals surface area contributed by atoms with Crippen molar-refractivity contribution in [3.05, 3.63) is 0 Å². The Morgan fingerprint density at radius 3 is 2.23 bits per heavy atom. The van der Waals surface area contributed by atoms with E-state index in [1.54, 1.807) is 0 Å². The fourth-order valence-electron chi connectivity index (χ4n) is 3.41. The second kappa shape index (κ2) is 12.4. The molecular formula is C17H36IN5O2S. The minimum Gasteiger partial charge on any atom is -0.357 e. The molecule has 26 heavy (non-hydrogen) atoms. The molecule has 0 radical (unpaired) electrons. The predicted molar refractivity (Wildman–Crippen MR) is 119 cm³/mol. The zero-order valence-electron chi connectivity index (χ0n) is 16.2. The zero-order chi connectivity index (χ0) is 18.1. The lowest BCUT2D eigenvalue weighted by Crippen LogP contribution is -2.49. The molecule has 0 aromatic carbocycles. The van der Waals surface area contributed by atoms with Crippen LogP contribution in [0.4, 0.5) is 0 Å². The lowest BCUT2D eigenvalue weighted by molar-refractivity contribution is 0.206. The van der Waals surface area contributed by atoms with Crippen molar-refractivity contribution in [3.63, 3.8) is 0 Å². The van der Waals surface area contributed by atoms with E-state index in [9.17, 15) is 8.42 Å². The van der Waals surface area contributed by atoms with Crippen LogP contribution in [-0.2, 0) is 9.84 Å². The topological polar surface area (TPSA) is 77.0 Å². The monoisotopic (exact) mass is 501 g/mol. The number of nitrogens with one attached hydrogen (secondary N) is 2. The Hall–Kier alpha value is -0.130. The number of hydrogen-bond acceptors (Lipinski definition) is 5. The van der Waals surface area contributed by atoms with Crippen LogP contribution >= 0.6 is 24.0 Å². The van der Waals surface area contributed by atoms with E-state index in [1.165, 1.54) is 13.0 Å². The Morgan fingerprint density at radius 2 is 1.65 bits per heavy atom. The van der Waals surface area contributed by atoms with Crippen LogP contribution in [0.5, 0.6) is 0 Å². The molecule has 2 aliphatic rings. The van der Waals surface area contributed by atoms with Crippen molar-refractivity contribution >= 4 is 39.8 Å². The fourth-order valence-corrected chi connectivity index (χ4v) is 4.68. The summed E-state index contributed by atoms with van der Waals surface area (Å²) in [5.41, 5.74) is 0. The maximum atomic E-state index is 11.5. The summed E-state index contributed by atoms with van der Waals surface area (Å²) in [7, 11) is -2.80. The third-order valence-electron chi connectivity index (χ3n) is 4.94. The number of rotatable bonds is 7. The van der Waals surface area contributed by atoms with E-state index in [0.717, 1.165) is 45.0 Å². The second-order valence-corrected chi connectivity index (χ2v) is 9.32. The maximum absolute atomic E-state index is 11.5. The minimum absolute atomic E-state index is 0. The average molecular weight is 501 g/mol. The minimum atomic E-state index is -2.80. The van der Waals surface area contributed by atoms with Gasteiger partial charge in [0.15, 0.2) is 15.8 Å². The van der Waals surface area contributed by atoms with Crippen LogP contribution in [0.2, 0.25) is 0 Å². The zero-order valence-corrected chi connectivity index (χ0v) is 19.4. The second-order valence-electron chi connectivity index (χ2n) is 7.01. The number of piperidine rings is 1. The van der Waals surface area contributed by atoms with Crippen molar-refractivity contribution in [2.75, 3.05) is 63.9 Å². The van der Waals surface area contributed by atoms with Gasteiger partial charge in [-0.1, -0.05) is 6.92 Å². The van der Waals surface area contributed by atoms with Gasteiger partial charge in [-0.3, -0.25) is 9.89 Å². The molecule has 0 saturated carbocycles. The molecule has 2 aliphatic heterocycles. The molecule has 0 bridgehead atoms. The summed E-state index contributed by atoms with van der Waals surface area (Å²) >= 11 is 0. The lowest BCUT2D eigenvalue weighted by Gasteiger charge is -2.33. The number of guanidine groups is 1. The van der Waals surface area contributed by atoms with E-state index in [-0.39, 0.29) is 35.5 Å².